The first kappa shape index (κ1) is 22.8. The fourth-order valence-electron chi connectivity index (χ4n) is 4.16. The molecular weight excluding hydrogens is 516 g/mol. The highest BCUT2D eigenvalue weighted by Crippen LogP contribution is 2.36. The number of fused-ring (bicyclic) bond motifs is 3. The average Bonchev–Trinajstić information content (AvgIpc) is 3.16. The summed E-state index contributed by atoms with van der Waals surface area (Å²) in [5.41, 5.74) is 4.31. The maximum atomic E-state index is 14.0. The van der Waals surface area contributed by atoms with E-state index in [4.69, 9.17) is 9.72 Å². The lowest BCUT2D eigenvalue weighted by Gasteiger charge is -2.26. The van der Waals surface area contributed by atoms with Crippen molar-refractivity contribution in [3.63, 3.8) is 0 Å². The molecule has 7 heteroatoms. The van der Waals surface area contributed by atoms with Gasteiger partial charge in [-0.05, 0) is 53.8 Å². The van der Waals surface area contributed by atoms with Crippen LogP contribution in [0.2, 0.25) is 0 Å². The number of benzene rings is 2. The van der Waals surface area contributed by atoms with Gasteiger partial charge in [-0.15, -0.1) is 11.3 Å². The molecule has 3 heterocycles. The molecule has 0 N–H and O–H groups in total. The van der Waals surface area contributed by atoms with E-state index in [1.807, 2.05) is 37.3 Å². The topological polar surface area (TPSA) is 44.1 Å². The molecule has 1 aliphatic rings. The van der Waals surface area contributed by atoms with Crippen LogP contribution in [0.4, 0.5) is 0 Å². The molecule has 0 amide bonds. The number of thiophene rings is 1. The monoisotopic (exact) mass is 540 g/mol. The van der Waals surface area contributed by atoms with Gasteiger partial charge in [-0.25, -0.2) is 4.98 Å². The Morgan fingerprint density at radius 1 is 1.24 bits per heavy atom. The predicted octanol–water partition coefficient (Wildman–Crippen LogP) is 6.91. The van der Waals surface area contributed by atoms with Crippen molar-refractivity contribution in [1.29, 1.82) is 0 Å². The number of aryl methyl sites for hydroxylation is 1. The quantitative estimate of drug-likeness (QED) is 0.204. The van der Waals surface area contributed by atoms with Gasteiger partial charge in [0.15, 0.2) is 5.16 Å². The normalized spacial score (nSPS) is 15.8. The standard InChI is InChI=1S/C26H25BrN2O2S2/c1-15(2)21-12-20-22(13-31-21)33-24-23(20)25(30)29(19-6-4-5-16(3)11-19)26(28-24)32-14-17-7-9-18(27)10-8-17/h4-11,15,21H,12-14H2,1-3H3/t21-/m0/s1. The summed E-state index contributed by atoms with van der Waals surface area (Å²) in [6.07, 6.45) is 0.900. The fraction of sp³-hybridized carbons (Fsp3) is 0.308. The number of thioether (sulfide) groups is 1. The van der Waals surface area contributed by atoms with Gasteiger partial charge < -0.3 is 4.74 Å². The summed E-state index contributed by atoms with van der Waals surface area (Å²) in [6.45, 7) is 6.95. The molecule has 0 fully saturated rings. The molecule has 0 spiro atoms. The zero-order chi connectivity index (χ0) is 23.1. The second kappa shape index (κ2) is 9.37. The van der Waals surface area contributed by atoms with E-state index < -0.39 is 0 Å². The molecule has 0 radical (unpaired) electrons. The minimum absolute atomic E-state index is 0.0193. The van der Waals surface area contributed by atoms with Gasteiger partial charge in [0.2, 0.25) is 0 Å². The highest BCUT2D eigenvalue weighted by Gasteiger charge is 2.28. The summed E-state index contributed by atoms with van der Waals surface area (Å²) in [4.78, 5) is 21.0. The van der Waals surface area contributed by atoms with Gasteiger partial charge in [-0.2, -0.15) is 0 Å². The Kier molecular flexibility index (Phi) is 6.49. The lowest BCUT2D eigenvalue weighted by molar-refractivity contribution is 0.00200. The highest BCUT2D eigenvalue weighted by molar-refractivity contribution is 9.10. The summed E-state index contributed by atoms with van der Waals surface area (Å²) < 4.78 is 8.93. The maximum absolute atomic E-state index is 14.0. The van der Waals surface area contributed by atoms with Crippen molar-refractivity contribution in [3.05, 3.63) is 84.9 Å². The summed E-state index contributed by atoms with van der Waals surface area (Å²) in [6, 6.07) is 16.4. The van der Waals surface area contributed by atoms with Gasteiger partial charge in [0, 0.05) is 21.5 Å². The number of rotatable bonds is 5. The number of halogens is 1. The van der Waals surface area contributed by atoms with Gasteiger partial charge in [-0.1, -0.05) is 65.8 Å². The van der Waals surface area contributed by atoms with Crippen LogP contribution in [0.3, 0.4) is 0 Å². The van der Waals surface area contributed by atoms with Crippen LogP contribution in [0.25, 0.3) is 15.9 Å². The first-order chi connectivity index (χ1) is 15.9. The Hall–Kier alpha value is -1.93. The summed E-state index contributed by atoms with van der Waals surface area (Å²) >= 11 is 6.70. The molecule has 0 saturated heterocycles. The third-order valence-electron chi connectivity index (χ3n) is 6.00. The summed E-state index contributed by atoms with van der Waals surface area (Å²) in [7, 11) is 0. The SMILES string of the molecule is Cc1cccc(-n2c(SCc3ccc(Br)cc3)nc3sc4c(c3c2=O)C[C@@H](C(C)C)OC4)c1. The van der Waals surface area contributed by atoms with Gasteiger partial charge in [0.25, 0.3) is 5.56 Å². The molecule has 1 aliphatic heterocycles. The molecule has 5 rings (SSSR count). The number of ether oxygens (including phenoxy) is 1. The van der Waals surface area contributed by atoms with E-state index in [2.05, 4.69) is 48.0 Å². The zero-order valence-corrected chi connectivity index (χ0v) is 22.0. The number of hydrogen-bond donors (Lipinski definition) is 0. The number of aromatic nitrogens is 2. The largest absolute Gasteiger partial charge is 0.372 e. The van der Waals surface area contributed by atoms with Gasteiger partial charge in [-0.3, -0.25) is 9.36 Å². The van der Waals surface area contributed by atoms with E-state index in [1.54, 1.807) is 27.7 Å². The van der Waals surface area contributed by atoms with Crippen LogP contribution < -0.4 is 5.56 Å². The Bertz CT molecular complexity index is 1380. The molecule has 0 unspecified atom stereocenters. The molecule has 4 nitrogen and oxygen atoms in total. The fourth-order valence-corrected chi connectivity index (χ4v) is 6.55. The Balaban J connectivity index is 1.65. The molecule has 0 saturated carbocycles. The Morgan fingerprint density at radius 2 is 2.03 bits per heavy atom. The van der Waals surface area contributed by atoms with E-state index in [0.29, 0.717) is 12.5 Å². The molecule has 0 aliphatic carbocycles. The number of nitrogens with zero attached hydrogens (tertiary/aromatic N) is 2. The molecule has 170 valence electrons. The Labute approximate surface area is 210 Å². The maximum Gasteiger partial charge on any atom is 0.267 e. The van der Waals surface area contributed by atoms with Gasteiger partial charge in [0.1, 0.15) is 4.83 Å². The van der Waals surface area contributed by atoms with Crippen molar-refractivity contribution < 1.29 is 4.74 Å². The Morgan fingerprint density at radius 3 is 2.76 bits per heavy atom. The lowest BCUT2D eigenvalue weighted by atomic mass is 9.96. The minimum Gasteiger partial charge on any atom is -0.372 e. The third-order valence-corrected chi connectivity index (χ3v) is 8.63. The second-order valence-electron chi connectivity index (χ2n) is 8.77. The highest BCUT2D eigenvalue weighted by atomic mass is 79.9. The van der Waals surface area contributed by atoms with Crippen LogP contribution in [0, 0.1) is 12.8 Å². The molecule has 2 aromatic carbocycles. The van der Waals surface area contributed by atoms with Crippen LogP contribution in [0.15, 0.2) is 63.0 Å². The van der Waals surface area contributed by atoms with Gasteiger partial charge >= 0.3 is 0 Å². The minimum atomic E-state index is 0.0193. The van der Waals surface area contributed by atoms with E-state index in [-0.39, 0.29) is 11.7 Å². The second-order valence-corrected chi connectivity index (χ2v) is 11.7. The first-order valence-corrected chi connectivity index (χ1v) is 13.6. The van der Waals surface area contributed by atoms with E-state index in [9.17, 15) is 4.79 Å². The zero-order valence-electron chi connectivity index (χ0n) is 18.8. The smallest absolute Gasteiger partial charge is 0.267 e. The summed E-state index contributed by atoms with van der Waals surface area (Å²) in [5.74, 6) is 1.14. The van der Waals surface area contributed by atoms with E-state index in [1.165, 1.54) is 5.56 Å². The van der Waals surface area contributed by atoms with Gasteiger partial charge in [0.05, 0.1) is 23.8 Å². The number of hydrogen-bond acceptors (Lipinski definition) is 5. The predicted molar refractivity (Wildman–Crippen MR) is 141 cm³/mol. The van der Waals surface area contributed by atoms with Crippen LogP contribution in [-0.4, -0.2) is 15.7 Å². The van der Waals surface area contributed by atoms with Crippen LogP contribution in [0.1, 0.15) is 35.4 Å². The van der Waals surface area contributed by atoms with Crippen molar-refractivity contribution in [3.8, 4) is 5.69 Å². The lowest BCUT2D eigenvalue weighted by Crippen LogP contribution is -2.28. The van der Waals surface area contributed by atoms with E-state index in [0.717, 1.165) is 53.7 Å². The van der Waals surface area contributed by atoms with Crippen LogP contribution in [0.5, 0.6) is 0 Å². The van der Waals surface area contributed by atoms with Crippen LogP contribution in [-0.2, 0) is 23.5 Å². The summed E-state index contributed by atoms with van der Waals surface area (Å²) in [5, 5.41) is 1.49. The van der Waals surface area contributed by atoms with Crippen molar-refractivity contribution in [1.82, 2.24) is 9.55 Å². The van der Waals surface area contributed by atoms with E-state index >= 15 is 0 Å². The molecular formula is C26H25BrN2O2S2. The molecule has 33 heavy (non-hydrogen) atoms. The molecule has 1 atom stereocenters. The molecule has 2 aromatic heterocycles. The third kappa shape index (κ3) is 4.56. The first-order valence-electron chi connectivity index (χ1n) is 11.0. The molecule has 0 bridgehead atoms. The van der Waals surface area contributed by atoms with Crippen LogP contribution >= 0.6 is 39.0 Å². The van der Waals surface area contributed by atoms with Crippen molar-refractivity contribution in [2.75, 3.05) is 0 Å². The molecule has 4 aromatic rings. The average molecular weight is 542 g/mol. The van der Waals surface area contributed by atoms with Crippen molar-refractivity contribution in [2.45, 2.75) is 50.8 Å². The van der Waals surface area contributed by atoms with Crippen molar-refractivity contribution >= 4 is 49.2 Å². The van der Waals surface area contributed by atoms with Crippen molar-refractivity contribution in [2.24, 2.45) is 5.92 Å².